The number of fused-ring (bicyclic) bond motifs is 1. The van der Waals surface area contributed by atoms with Gasteiger partial charge in [-0.3, -0.25) is 14.5 Å². The molecule has 1 saturated heterocycles. The van der Waals surface area contributed by atoms with Gasteiger partial charge >= 0.3 is 0 Å². The van der Waals surface area contributed by atoms with Gasteiger partial charge in [0, 0.05) is 29.7 Å². The zero-order valence-electron chi connectivity index (χ0n) is 24.3. The molecule has 0 aliphatic carbocycles. The second kappa shape index (κ2) is 12.2. The van der Waals surface area contributed by atoms with Crippen molar-refractivity contribution in [1.82, 2.24) is 15.1 Å². The second-order valence-electron chi connectivity index (χ2n) is 11.3. The van der Waals surface area contributed by atoms with E-state index in [2.05, 4.69) is 26.1 Å². The Morgan fingerprint density at radius 2 is 1.88 bits per heavy atom. The number of amides is 2. The summed E-state index contributed by atoms with van der Waals surface area (Å²) in [7, 11) is 3.28. The molecule has 218 valence electrons. The van der Waals surface area contributed by atoms with Crippen LogP contribution in [0.1, 0.15) is 55.7 Å². The van der Waals surface area contributed by atoms with E-state index in [0.717, 1.165) is 41.1 Å². The maximum atomic E-state index is 13.9. The van der Waals surface area contributed by atoms with Gasteiger partial charge in [0.2, 0.25) is 11.8 Å². The minimum Gasteiger partial charge on any atom is -0.497 e. The van der Waals surface area contributed by atoms with Crippen molar-refractivity contribution in [3.63, 3.8) is 0 Å². The molecule has 3 heterocycles. The van der Waals surface area contributed by atoms with Crippen LogP contribution < -0.4 is 19.7 Å². The van der Waals surface area contributed by atoms with Gasteiger partial charge in [0.25, 0.3) is 0 Å². The van der Waals surface area contributed by atoms with Crippen LogP contribution in [0.25, 0.3) is 5.69 Å². The number of hydrogen-bond donors (Lipinski definition) is 1. The molecule has 41 heavy (non-hydrogen) atoms. The van der Waals surface area contributed by atoms with Gasteiger partial charge in [-0.15, -0.1) is 11.8 Å². The fourth-order valence-electron chi connectivity index (χ4n) is 5.34. The molecule has 2 aromatic carbocycles. The number of rotatable bonds is 8. The van der Waals surface area contributed by atoms with Crippen LogP contribution in [0, 0.1) is 0 Å². The lowest BCUT2D eigenvalue weighted by molar-refractivity contribution is -0.123. The standard InChI is InChI=1S/C31H38N4O5S/c1-31(2,3)29-27-28(23-10-6-7-11-24(23)39-5)41-19-26(37)34(18-25(36)32-17-22-9-8-16-40-22)30(27)35(33-29)20-12-14-21(38-4)15-13-20/h6-7,10-15,22,28H,8-9,16-19H2,1-5H3,(H,32,36)/t22-,28+/m0/s1. The number of ether oxygens (including phenoxy) is 3. The molecule has 1 fully saturated rings. The Hall–Kier alpha value is -3.50. The van der Waals surface area contributed by atoms with E-state index in [1.165, 1.54) is 11.8 Å². The van der Waals surface area contributed by atoms with E-state index in [-0.39, 0.29) is 40.9 Å². The van der Waals surface area contributed by atoms with Gasteiger partial charge in [0.15, 0.2) is 0 Å². The highest BCUT2D eigenvalue weighted by molar-refractivity contribution is 8.00. The summed E-state index contributed by atoms with van der Waals surface area (Å²) in [6.45, 7) is 7.36. The highest BCUT2D eigenvalue weighted by atomic mass is 32.2. The van der Waals surface area contributed by atoms with E-state index in [4.69, 9.17) is 19.3 Å². The Balaban J connectivity index is 1.67. The van der Waals surface area contributed by atoms with Crippen molar-refractivity contribution in [3.05, 3.63) is 65.4 Å². The van der Waals surface area contributed by atoms with E-state index in [1.807, 2.05) is 48.5 Å². The molecule has 3 aromatic rings. The highest BCUT2D eigenvalue weighted by Crippen LogP contribution is 2.50. The summed E-state index contributed by atoms with van der Waals surface area (Å²) < 4.78 is 18.6. The Labute approximate surface area is 245 Å². The van der Waals surface area contributed by atoms with Crippen LogP contribution in [-0.2, 0) is 19.7 Å². The first-order chi connectivity index (χ1) is 19.7. The lowest BCUT2D eigenvalue weighted by Gasteiger charge is -2.25. The molecule has 2 aliphatic heterocycles. The molecule has 1 aromatic heterocycles. The number of nitrogens with zero attached hydrogens (tertiary/aromatic N) is 3. The first kappa shape index (κ1) is 29.0. The van der Waals surface area contributed by atoms with Crippen molar-refractivity contribution in [1.29, 1.82) is 0 Å². The number of nitrogens with one attached hydrogen (secondary N) is 1. The molecule has 2 atom stereocenters. The third-order valence-corrected chi connectivity index (χ3v) is 8.63. The smallest absolute Gasteiger partial charge is 0.240 e. The molecule has 10 heteroatoms. The van der Waals surface area contributed by atoms with Crippen LogP contribution in [0.2, 0.25) is 0 Å². The van der Waals surface area contributed by atoms with E-state index < -0.39 is 0 Å². The van der Waals surface area contributed by atoms with Crippen LogP contribution in [0.5, 0.6) is 11.5 Å². The Kier molecular flexibility index (Phi) is 8.60. The highest BCUT2D eigenvalue weighted by Gasteiger charge is 2.40. The van der Waals surface area contributed by atoms with Gasteiger partial charge in [0.05, 0.1) is 42.7 Å². The normalized spacial score (nSPS) is 19.0. The van der Waals surface area contributed by atoms with Gasteiger partial charge in [-0.25, -0.2) is 4.68 Å². The van der Waals surface area contributed by atoms with E-state index in [9.17, 15) is 9.59 Å². The maximum absolute atomic E-state index is 13.9. The van der Waals surface area contributed by atoms with Crippen LogP contribution in [0.15, 0.2) is 48.5 Å². The number of hydrogen-bond acceptors (Lipinski definition) is 7. The van der Waals surface area contributed by atoms with Crippen molar-refractivity contribution < 1.29 is 23.8 Å². The summed E-state index contributed by atoms with van der Waals surface area (Å²) in [5.41, 5.74) is 3.12. The fraction of sp³-hybridized carbons (Fsp3) is 0.452. The zero-order valence-corrected chi connectivity index (χ0v) is 25.1. The van der Waals surface area contributed by atoms with Crippen molar-refractivity contribution in [3.8, 4) is 17.2 Å². The van der Waals surface area contributed by atoms with Crippen molar-refractivity contribution in [2.75, 3.05) is 44.6 Å². The van der Waals surface area contributed by atoms with Gasteiger partial charge in [-0.1, -0.05) is 39.0 Å². The third kappa shape index (κ3) is 6.08. The predicted molar refractivity (Wildman–Crippen MR) is 160 cm³/mol. The Bertz CT molecular complexity index is 1390. The molecule has 0 spiro atoms. The van der Waals surface area contributed by atoms with E-state index in [1.54, 1.807) is 23.8 Å². The van der Waals surface area contributed by atoms with E-state index >= 15 is 0 Å². The SMILES string of the molecule is COc1ccc(-n2nc(C(C)(C)C)c3c2N(CC(=O)NC[C@@H]2CCCO2)C(=O)CS[C@@H]3c2ccccc2OC)cc1. The third-order valence-electron chi connectivity index (χ3n) is 7.39. The van der Waals surface area contributed by atoms with Gasteiger partial charge in [-0.2, -0.15) is 5.10 Å². The number of para-hydroxylation sites is 1. The quantitative estimate of drug-likeness (QED) is 0.416. The predicted octanol–water partition coefficient (Wildman–Crippen LogP) is 4.65. The van der Waals surface area contributed by atoms with E-state index in [0.29, 0.717) is 24.7 Å². The summed E-state index contributed by atoms with van der Waals surface area (Å²) in [6.07, 6.45) is 1.92. The van der Waals surface area contributed by atoms with Gasteiger partial charge in [-0.05, 0) is 43.2 Å². The first-order valence-corrected chi connectivity index (χ1v) is 15.0. The molecule has 9 nitrogen and oxygen atoms in total. The van der Waals surface area contributed by atoms with Gasteiger partial charge < -0.3 is 19.5 Å². The minimum absolute atomic E-state index is 0.0112. The number of carbonyl (C=O) groups is 2. The number of anilines is 1. The van der Waals surface area contributed by atoms with Crippen LogP contribution in [0.4, 0.5) is 5.82 Å². The van der Waals surface area contributed by atoms with Crippen LogP contribution >= 0.6 is 11.8 Å². The Morgan fingerprint density at radius 1 is 1.12 bits per heavy atom. The average molecular weight is 579 g/mol. The summed E-state index contributed by atoms with van der Waals surface area (Å²) in [5.74, 6) is 1.85. The Morgan fingerprint density at radius 3 is 2.54 bits per heavy atom. The average Bonchev–Trinajstić information content (AvgIpc) is 3.61. The largest absolute Gasteiger partial charge is 0.497 e. The molecule has 0 unspecified atom stereocenters. The molecular weight excluding hydrogens is 540 g/mol. The lowest BCUT2D eigenvalue weighted by atomic mass is 9.87. The monoisotopic (exact) mass is 578 g/mol. The summed E-state index contributed by atoms with van der Waals surface area (Å²) >= 11 is 1.53. The number of methoxy groups -OCH3 is 2. The van der Waals surface area contributed by atoms with Crippen molar-refractivity contribution in [2.45, 2.75) is 50.4 Å². The summed E-state index contributed by atoms with van der Waals surface area (Å²) in [6, 6.07) is 15.4. The zero-order chi connectivity index (χ0) is 29.1. The van der Waals surface area contributed by atoms with Crippen LogP contribution in [0.3, 0.4) is 0 Å². The molecule has 2 aliphatic rings. The number of aromatic nitrogens is 2. The number of carbonyl (C=O) groups excluding carboxylic acids is 2. The minimum atomic E-state index is -0.357. The number of thioether (sulfide) groups is 1. The molecule has 5 rings (SSSR count). The molecule has 0 bridgehead atoms. The van der Waals surface area contributed by atoms with Crippen molar-refractivity contribution >= 4 is 29.4 Å². The maximum Gasteiger partial charge on any atom is 0.240 e. The fourth-order valence-corrected chi connectivity index (χ4v) is 6.56. The first-order valence-electron chi connectivity index (χ1n) is 13.9. The molecule has 1 N–H and O–H groups in total. The lowest BCUT2D eigenvalue weighted by Crippen LogP contribution is -2.44. The molecular formula is C31H38N4O5S. The van der Waals surface area contributed by atoms with Crippen LogP contribution in [-0.4, -0.2) is 67.4 Å². The summed E-state index contributed by atoms with van der Waals surface area (Å²) in [5, 5.41) is 7.88. The second-order valence-corrected chi connectivity index (χ2v) is 12.4. The molecule has 0 saturated carbocycles. The van der Waals surface area contributed by atoms with Gasteiger partial charge in [0.1, 0.15) is 23.9 Å². The molecule has 0 radical (unpaired) electrons. The molecule has 2 amide bonds. The topological polar surface area (TPSA) is 94.9 Å². The summed E-state index contributed by atoms with van der Waals surface area (Å²) in [4.78, 5) is 28.7. The number of benzene rings is 2. The van der Waals surface area contributed by atoms with Crippen molar-refractivity contribution in [2.24, 2.45) is 0 Å².